The fourth-order valence-electron chi connectivity index (χ4n) is 0.676. The number of carbonyl (C=O) groups is 1. The highest BCUT2D eigenvalue weighted by Gasteiger charge is 2.09. The Morgan fingerprint density at radius 1 is 1.85 bits per heavy atom. The molecule has 6 heteroatoms. The number of alkyl halides is 1. The van der Waals surface area contributed by atoms with Crippen molar-refractivity contribution in [3.05, 3.63) is 11.1 Å². The number of rotatable bonds is 4. The first-order valence-electron chi connectivity index (χ1n) is 3.85. The number of carbonyl (C=O) groups excluding carboxylic acids is 1. The maximum absolute atomic E-state index is 11.3. The third-order valence-corrected chi connectivity index (χ3v) is 3.08. The van der Waals surface area contributed by atoms with E-state index in [9.17, 15) is 4.79 Å². The van der Waals surface area contributed by atoms with E-state index in [1.165, 1.54) is 11.5 Å². The molecule has 1 N–H and O–H groups in total. The predicted octanol–water partition coefficient (Wildman–Crippen LogP) is 1.30. The quantitative estimate of drug-likeness (QED) is 0.834. The number of aromatic nitrogens is 2. The Bertz CT molecular complexity index is 265. The second-order valence-electron chi connectivity index (χ2n) is 2.76. The van der Waals surface area contributed by atoms with Crippen molar-refractivity contribution in [2.24, 2.45) is 5.92 Å². The average Bonchev–Trinajstić information content (AvgIpc) is 2.66. The molecule has 0 radical (unpaired) electrons. The summed E-state index contributed by atoms with van der Waals surface area (Å²) in [7, 11) is 0. The van der Waals surface area contributed by atoms with Gasteiger partial charge in [0.15, 0.2) is 5.69 Å². The number of hydrogen-bond donors (Lipinski definition) is 1. The van der Waals surface area contributed by atoms with Gasteiger partial charge in [-0.3, -0.25) is 4.79 Å². The van der Waals surface area contributed by atoms with E-state index in [0.29, 0.717) is 18.2 Å². The molecule has 1 rings (SSSR count). The van der Waals surface area contributed by atoms with E-state index < -0.39 is 0 Å². The van der Waals surface area contributed by atoms with Crippen LogP contribution in [-0.2, 0) is 0 Å². The first-order chi connectivity index (χ1) is 6.24. The average molecular weight is 264 g/mol. The molecule has 1 unspecified atom stereocenters. The minimum absolute atomic E-state index is 0.151. The monoisotopic (exact) mass is 263 g/mol. The smallest absolute Gasteiger partial charge is 0.272 e. The molecule has 1 aromatic rings. The normalized spacial score (nSPS) is 12.5. The lowest BCUT2D eigenvalue weighted by Gasteiger charge is -2.07. The Hall–Kier alpha value is -0.490. The molecular formula is C7H10BrN3OS. The maximum Gasteiger partial charge on any atom is 0.272 e. The first-order valence-corrected chi connectivity index (χ1v) is 5.81. The summed E-state index contributed by atoms with van der Waals surface area (Å²) in [5.74, 6) is 0.275. The van der Waals surface area contributed by atoms with Gasteiger partial charge in [0.25, 0.3) is 5.91 Å². The predicted molar refractivity (Wildman–Crippen MR) is 55.2 cm³/mol. The zero-order chi connectivity index (χ0) is 9.68. The highest BCUT2D eigenvalue weighted by atomic mass is 79.9. The second kappa shape index (κ2) is 5.29. The largest absolute Gasteiger partial charge is 0.350 e. The van der Waals surface area contributed by atoms with Gasteiger partial charge in [0.05, 0.1) is 0 Å². The SMILES string of the molecule is CC(CBr)CNC(=O)c1csnn1. The van der Waals surface area contributed by atoms with Crippen LogP contribution in [0.5, 0.6) is 0 Å². The van der Waals surface area contributed by atoms with E-state index in [0.717, 1.165) is 5.33 Å². The van der Waals surface area contributed by atoms with Gasteiger partial charge in [-0.25, -0.2) is 0 Å². The van der Waals surface area contributed by atoms with E-state index in [1.807, 2.05) is 6.92 Å². The molecule has 72 valence electrons. The molecular weight excluding hydrogens is 254 g/mol. The minimum atomic E-state index is -0.151. The van der Waals surface area contributed by atoms with E-state index in [1.54, 1.807) is 5.38 Å². The molecule has 0 fully saturated rings. The number of amides is 1. The molecule has 4 nitrogen and oxygen atoms in total. The van der Waals surface area contributed by atoms with Gasteiger partial charge >= 0.3 is 0 Å². The molecule has 1 amide bonds. The van der Waals surface area contributed by atoms with Gasteiger partial charge in [0.2, 0.25) is 0 Å². The van der Waals surface area contributed by atoms with E-state index in [4.69, 9.17) is 0 Å². The minimum Gasteiger partial charge on any atom is -0.350 e. The molecule has 1 aromatic heterocycles. The van der Waals surface area contributed by atoms with Crippen LogP contribution in [0.15, 0.2) is 5.38 Å². The first kappa shape index (κ1) is 10.6. The van der Waals surface area contributed by atoms with Gasteiger partial charge in [0.1, 0.15) is 0 Å². The van der Waals surface area contributed by atoms with Crippen molar-refractivity contribution in [1.82, 2.24) is 14.9 Å². The van der Waals surface area contributed by atoms with Gasteiger partial charge in [-0.15, -0.1) is 5.10 Å². The highest BCUT2D eigenvalue weighted by Crippen LogP contribution is 1.99. The lowest BCUT2D eigenvalue weighted by Crippen LogP contribution is -2.29. The topological polar surface area (TPSA) is 54.9 Å². The summed E-state index contributed by atoms with van der Waals surface area (Å²) < 4.78 is 3.61. The summed E-state index contributed by atoms with van der Waals surface area (Å²) in [5.41, 5.74) is 0.395. The fraction of sp³-hybridized carbons (Fsp3) is 0.571. The van der Waals surface area contributed by atoms with Gasteiger partial charge in [-0.05, 0) is 17.5 Å². The fourth-order valence-corrected chi connectivity index (χ4v) is 1.34. The number of hydrogen-bond acceptors (Lipinski definition) is 4. The van der Waals surface area contributed by atoms with Crippen LogP contribution in [0.4, 0.5) is 0 Å². The summed E-state index contributed by atoms with van der Waals surface area (Å²) in [5, 5.41) is 8.95. The van der Waals surface area contributed by atoms with E-state index >= 15 is 0 Å². The van der Waals surface area contributed by atoms with Crippen molar-refractivity contribution >= 4 is 33.4 Å². The lowest BCUT2D eigenvalue weighted by molar-refractivity contribution is 0.0944. The summed E-state index contributed by atoms with van der Waals surface area (Å²) in [6.07, 6.45) is 0. The Kier molecular flexibility index (Phi) is 4.31. The number of nitrogens with zero attached hydrogens (tertiary/aromatic N) is 2. The summed E-state index contributed by atoms with van der Waals surface area (Å²) >= 11 is 4.51. The molecule has 1 heterocycles. The molecule has 0 saturated heterocycles. The Morgan fingerprint density at radius 2 is 2.62 bits per heavy atom. The number of nitrogens with one attached hydrogen (secondary N) is 1. The van der Waals surface area contributed by atoms with E-state index in [-0.39, 0.29) is 5.91 Å². The van der Waals surface area contributed by atoms with Crippen molar-refractivity contribution in [3.8, 4) is 0 Å². The van der Waals surface area contributed by atoms with Crippen molar-refractivity contribution in [1.29, 1.82) is 0 Å². The molecule has 0 aliphatic carbocycles. The molecule has 0 saturated carbocycles. The van der Waals surface area contributed by atoms with Gasteiger partial charge in [-0.1, -0.05) is 27.3 Å². The molecule has 0 aliphatic rings. The molecule has 13 heavy (non-hydrogen) atoms. The van der Waals surface area contributed by atoms with Crippen molar-refractivity contribution in [2.45, 2.75) is 6.92 Å². The Morgan fingerprint density at radius 3 is 3.15 bits per heavy atom. The van der Waals surface area contributed by atoms with Crippen LogP contribution in [0.25, 0.3) is 0 Å². The Labute approximate surface area is 89.0 Å². The third-order valence-electron chi connectivity index (χ3n) is 1.47. The molecule has 1 atom stereocenters. The zero-order valence-electron chi connectivity index (χ0n) is 7.16. The summed E-state index contributed by atoms with van der Waals surface area (Å²) in [4.78, 5) is 11.3. The van der Waals surface area contributed by atoms with Crippen LogP contribution in [0, 0.1) is 5.92 Å². The molecule has 0 aliphatic heterocycles. The molecule has 0 aromatic carbocycles. The zero-order valence-corrected chi connectivity index (χ0v) is 9.56. The second-order valence-corrected chi connectivity index (χ2v) is 4.02. The van der Waals surface area contributed by atoms with Crippen LogP contribution in [-0.4, -0.2) is 27.4 Å². The van der Waals surface area contributed by atoms with Crippen LogP contribution >= 0.6 is 27.5 Å². The van der Waals surface area contributed by atoms with Crippen molar-refractivity contribution in [2.75, 3.05) is 11.9 Å². The van der Waals surface area contributed by atoms with Gasteiger partial charge in [0, 0.05) is 17.3 Å². The highest BCUT2D eigenvalue weighted by molar-refractivity contribution is 9.09. The summed E-state index contributed by atoms with van der Waals surface area (Å²) in [6.45, 7) is 2.70. The molecule has 0 spiro atoms. The third kappa shape index (κ3) is 3.40. The number of halogens is 1. The van der Waals surface area contributed by atoms with Crippen molar-refractivity contribution in [3.63, 3.8) is 0 Å². The van der Waals surface area contributed by atoms with Crippen LogP contribution in [0.1, 0.15) is 17.4 Å². The van der Waals surface area contributed by atoms with Crippen LogP contribution in [0.3, 0.4) is 0 Å². The van der Waals surface area contributed by atoms with Crippen LogP contribution < -0.4 is 5.32 Å². The molecule has 0 bridgehead atoms. The summed E-state index contributed by atoms with van der Waals surface area (Å²) in [6, 6.07) is 0. The van der Waals surface area contributed by atoms with Gasteiger partial charge < -0.3 is 5.32 Å². The van der Waals surface area contributed by atoms with E-state index in [2.05, 4.69) is 30.8 Å². The van der Waals surface area contributed by atoms with Crippen LogP contribution in [0.2, 0.25) is 0 Å². The lowest BCUT2D eigenvalue weighted by atomic mass is 10.2. The standard InChI is InChI=1S/C7H10BrN3OS/c1-5(2-8)3-9-7(12)6-4-13-11-10-6/h4-5H,2-3H2,1H3,(H,9,12). The van der Waals surface area contributed by atoms with Crippen molar-refractivity contribution < 1.29 is 4.79 Å². The van der Waals surface area contributed by atoms with Gasteiger partial charge in [-0.2, -0.15) is 0 Å². The Balaban J connectivity index is 2.35. The maximum atomic E-state index is 11.3.